The van der Waals surface area contributed by atoms with Crippen LogP contribution in [0.2, 0.25) is 0 Å². The molecule has 1 atom stereocenters. The van der Waals surface area contributed by atoms with Gasteiger partial charge in [-0.25, -0.2) is 0 Å². The fourth-order valence-corrected chi connectivity index (χ4v) is 3.37. The lowest BCUT2D eigenvalue weighted by molar-refractivity contribution is 0.0995. The predicted octanol–water partition coefficient (Wildman–Crippen LogP) is 2.64. The first-order valence-corrected chi connectivity index (χ1v) is 7.24. The van der Waals surface area contributed by atoms with Crippen LogP contribution in [0.5, 0.6) is 0 Å². The van der Waals surface area contributed by atoms with Gasteiger partial charge in [0, 0.05) is 25.2 Å². The van der Waals surface area contributed by atoms with E-state index in [0.717, 1.165) is 18.0 Å². The average Bonchev–Trinajstić information content (AvgIpc) is 2.80. The van der Waals surface area contributed by atoms with Crippen molar-refractivity contribution in [3.63, 3.8) is 0 Å². The first kappa shape index (κ1) is 12.4. The summed E-state index contributed by atoms with van der Waals surface area (Å²) in [7, 11) is 0. The average molecular weight is 224 g/mol. The van der Waals surface area contributed by atoms with Gasteiger partial charge < -0.3 is 5.32 Å². The Hall–Kier alpha value is -0.0800. The molecule has 2 aliphatic rings. The van der Waals surface area contributed by atoms with E-state index in [0.29, 0.717) is 0 Å². The van der Waals surface area contributed by atoms with E-state index in [1.807, 2.05) is 0 Å². The van der Waals surface area contributed by atoms with Gasteiger partial charge in [-0.3, -0.25) is 4.90 Å². The zero-order valence-corrected chi connectivity index (χ0v) is 11.0. The fraction of sp³-hybridized carbons (Fsp3) is 1.00. The van der Waals surface area contributed by atoms with Crippen molar-refractivity contribution in [2.24, 2.45) is 5.92 Å². The highest BCUT2D eigenvalue weighted by molar-refractivity contribution is 4.86. The maximum absolute atomic E-state index is 3.57. The lowest BCUT2D eigenvalue weighted by Gasteiger charge is -2.39. The van der Waals surface area contributed by atoms with Crippen LogP contribution in [0.15, 0.2) is 0 Å². The van der Waals surface area contributed by atoms with Crippen molar-refractivity contribution in [1.82, 2.24) is 10.2 Å². The molecule has 1 unspecified atom stereocenters. The molecule has 2 heteroatoms. The molecule has 0 amide bonds. The van der Waals surface area contributed by atoms with Crippen molar-refractivity contribution in [3.8, 4) is 0 Å². The van der Waals surface area contributed by atoms with Gasteiger partial charge in [0.2, 0.25) is 0 Å². The highest BCUT2D eigenvalue weighted by Gasteiger charge is 2.29. The Morgan fingerprint density at radius 1 is 1.06 bits per heavy atom. The Morgan fingerprint density at radius 2 is 1.75 bits per heavy atom. The molecule has 1 aliphatic carbocycles. The molecule has 16 heavy (non-hydrogen) atoms. The van der Waals surface area contributed by atoms with Crippen LogP contribution < -0.4 is 5.32 Å². The molecular weight excluding hydrogens is 196 g/mol. The van der Waals surface area contributed by atoms with Crippen molar-refractivity contribution in [2.75, 3.05) is 19.6 Å². The van der Waals surface area contributed by atoms with E-state index in [2.05, 4.69) is 24.1 Å². The highest BCUT2D eigenvalue weighted by atomic mass is 15.2. The summed E-state index contributed by atoms with van der Waals surface area (Å²) >= 11 is 0. The molecule has 0 radical (unpaired) electrons. The summed E-state index contributed by atoms with van der Waals surface area (Å²) in [5.74, 6) is 0.808. The van der Waals surface area contributed by atoms with Gasteiger partial charge in [0.05, 0.1) is 0 Å². The van der Waals surface area contributed by atoms with Crippen molar-refractivity contribution >= 4 is 0 Å². The summed E-state index contributed by atoms with van der Waals surface area (Å²) in [4.78, 5) is 2.84. The molecule has 94 valence electrons. The molecule has 1 saturated heterocycles. The summed E-state index contributed by atoms with van der Waals surface area (Å²) in [6.45, 7) is 8.48. The second kappa shape index (κ2) is 6.02. The van der Waals surface area contributed by atoms with Gasteiger partial charge in [-0.05, 0) is 38.1 Å². The van der Waals surface area contributed by atoms with Crippen molar-refractivity contribution in [3.05, 3.63) is 0 Å². The van der Waals surface area contributed by atoms with Crippen LogP contribution >= 0.6 is 0 Å². The maximum atomic E-state index is 3.57. The molecule has 2 fully saturated rings. The largest absolute Gasteiger partial charge is 0.315 e. The van der Waals surface area contributed by atoms with Gasteiger partial charge in [0.25, 0.3) is 0 Å². The second-order valence-electron chi connectivity index (χ2n) is 6.03. The molecule has 1 N–H and O–H groups in total. The van der Waals surface area contributed by atoms with Crippen LogP contribution in [0.1, 0.15) is 52.4 Å². The van der Waals surface area contributed by atoms with Crippen LogP contribution in [0.3, 0.4) is 0 Å². The Balaban J connectivity index is 1.94. The van der Waals surface area contributed by atoms with Crippen molar-refractivity contribution in [1.29, 1.82) is 0 Å². The Kier molecular flexibility index (Phi) is 4.66. The van der Waals surface area contributed by atoms with Crippen LogP contribution in [0.25, 0.3) is 0 Å². The van der Waals surface area contributed by atoms with Gasteiger partial charge in [0.1, 0.15) is 0 Å². The van der Waals surface area contributed by atoms with E-state index >= 15 is 0 Å². The van der Waals surface area contributed by atoms with E-state index in [9.17, 15) is 0 Å². The molecule has 1 aliphatic heterocycles. The van der Waals surface area contributed by atoms with E-state index in [1.54, 1.807) is 0 Å². The summed E-state index contributed by atoms with van der Waals surface area (Å²) in [5.41, 5.74) is 0. The Bertz CT molecular complexity index is 191. The number of nitrogens with one attached hydrogen (secondary N) is 1. The summed E-state index contributed by atoms with van der Waals surface area (Å²) in [6, 6.07) is 1.71. The SMILES string of the molecule is CC(C)CN(C1CCCC1)C1CCCNC1. The minimum atomic E-state index is 0.808. The van der Waals surface area contributed by atoms with Crippen LogP contribution in [-0.2, 0) is 0 Å². The quantitative estimate of drug-likeness (QED) is 0.790. The first-order chi connectivity index (χ1) is 7.77. The summed E-state index contributed by atoms with van der Waals surface area (Å²) in [6.07, 6.45) is 8.59. The van der Waals surface area contributed by atoms with Gasteiger partial charge in [0.15, 0.2) is 0 Å². The monoisotopic (exact) mass is 224 g/mol. The van der Waals surface area contributed by atoms with Crippen molar-refractivity contribution < 1.29 is 0 Å². The summed E-state index contributed by atoms with van der Waals surface area (Å²) < 4.78 is 0. The third kappa shape index (κ3) is 3.21. The third-order valence-corrected chi connectivity index (χ3v) is 4.11. The Morgan fingerprint density at radius 3 is 2.31 bits per heavy atom. The molecule has 0 spiro atoms. The van der Waals surface area contributed by atoms with Crippen molar-refractivity contribution in [2.45, 2.75) is 64.5 Å². The molecule has 0 aromatic rings. The van der Waals surface area contributed by atoms with Gasteiger partial charge in [-0.1, -0.05) is 26.7 Å². The molecular formula is C14H28N2. The molecule has 1 heterocycles. The first-order valence-electron chi connectivity index (χ1n) is 7.24. The number of nitrogens with zero attached hydrogens (tertiary/aromatic N) is 1. The molecule has 1 saturated carbocycles. The third-order valence-electron chi connectivity index (χ3n) is 4.11. The molecule has 2 nitrogen and oxygen atoms in total. The van der Waals surface area contributed by atoms with Gasteiger partial charge in [-0.15, -0.1) is 0 Å². The van der Waals surface area contributed by atoms with Gasteiger partial charge >= 0.3 is 0 Å². The molecule has 0 bridgehead atoms. The number of hydrogen-bond donors (Lipinski definition) is 1. The molecule has 0 aromatic heterocycles. The van der Waals surface area contributed by atoms with Crippen LogP contribution in [-0.4, -0.2) is 36.6 Å². The van der Waals surface area contributed by atoms with Crippen LogP contribution in [0, 0.1) is 5.92 Å². The minimum Gasteiger partial charge on any atom is -0.315 e. The normalized spacial score (nSPS) is 28.1. The number of piperidine rings is 1. The molecule has 2 rings (SSSR count). The zero-order chi connectivity index (χ0) is 11.4. The predicted molar refractivity (Wildman–Crippen MR) is 69.7 cm³/mol. The van der Waals surface area contributed by atoms with E-state index in [4.69, 9.17) is 0 Å². The number of hydrogen-bond acceptors (Lipinski definition) is 2. The maximum Gasteiger partial charge on any atom is 0.0224 e. The second-order valence-corrected chi connectivity index (χ2v) is 6.03. The standard InChI is InChI=1S/C14H28N2/c1-12(2)11-16(13-6-3-4-7-13)14-8-5-9-15-10-14/h12-15H,3-11H2,1-2H3. The smallest absolute Gasteiger partial charge is 0.0224 e. The molecule has 0 aromatic carbocycles. The topological polar surface area (TPSA) is 15.3 Å². The lowest BCUT2D eigenvalue weighted by Crippen LogP contribution is -2.51. The zero-order valence-electron chi connectivity index (χ0n) is 11.0. The lowest BCUT2D eigenvalue weighted by atomic mass is 10.0. The van der Waals surface area contributed by atoms with E-state index in [1.165, 1.54) is 58.2 Å². The number of rotatable bonds is 4. The minimum absolute atomic E-state index is 0.808. The van der Waals surface area contributed by atoms with Gasteiger partial charge in [-0.2, -0.15) is 0 Å². The van der Waals surface area contributed by atoms with Crippen LogP contribution in [0.4, 0.5) is 0 Å². The van der Waals surface area contributed by atoms with E-state index in [-0.39, 0.29) is 0 Å². The summed E-state index contributed by atoms with van der Waals surface area (Å²) in [5, 5.41) is 3.57. The highest BCUT2D eigenvalue weighted by Crippen LogP contribution is 2.27. The fourth-order valence-electron chi connectivity index (χ4n) is 3.37. The van der Waals surface area contributed by atoms with E-state index < -0.39 is 0 Å². The Labute approximate surface area is 101 Å².